The van der Waals surface area contributed by atoms with Gasteiger partial charge in [0.25, 0.3) is 15.9 Å². The van der Waals surface area contributed by atoms with Gasteiger partial charge in [0, 0.05) is 6.20 Å². The summed E-state index contributed by atoms with van der Waals surface area (Å²) in [6.45, 7) is 3.92. The molecule has 3 aromatic rings. The molecule has 0 bridgehead atoms. The summed E-state index contributed by atoms with van der Waals surface area (Å²) in [5, 5.41) is 1.60. The van der Waals surface area contributed by atoms with E-state index in [-0.39, 0.29) is 10.9 Å². The van der Waals surface area contributed by atoms with Gasteiger partial charge in [0.1, 0.15) is 0 Å². The number of hydrazine groups is 1. The second-order valence-electron chi connectivity index (χ2n) is 8.47. The van der Waals surface area contributed by atoms with Gasteiger partial charge in [-0.2, -0.15) is 8.42 Å². The van der Waals surface area contributed by atoms with E-state index in [4.69, 9.17) is 0 Å². The van der Waals surface area contributed by atoms with Crippen LogP contribution in [0.5, 0.6) is 0 Å². The normalized spacial score (nSPS) is 19.8. The van der Waals surface area contributed by atoms with Crippen LogP contribution in [0.4, 0.5) is 0 Å². The van der Waals surface area contributed by atoms with Crippen LogP contribution in [0.3, 0.4) is 0 Å². The maximum Gasteiger partial charge on any atom is 0.284 e. The number of hydrogen-bond acceptors (Lipinski definition) is 4. The second kappa shape index (κ2) is 7.64. The zero-order chi connectivity index (χ0) is 22.5. The average molecular weight is 445 g/mol. The van der Waals surface area contributed by atoms with Crippen LogP contribution < -0.4 is 0 Å². The monoisotopic (exact) mass is 444 g/mol. The fraction of sp³-hybridized carbons (Fsp3) is 0.192. The lowest BCUT2D eigenvalue weighted by Crippen LogP contribution is -2.42. The second-order valence-corrected chi connectivity index (χ2v) is 10.2. The van der Waals surface area contributed by atoms with Gasteiger partial charge in [-0.3, -0.25) is 9.80 Å². The van der Waals surface area contributed by atoms with Crippen molar-refractivity contribution < 1.29 is 13.2 Å². The van der Waals surface area contributed by atoms with E-state index in [2.05, 4.69) is 6.07 Å². The number of amides is 1. The zero-order valence-corrected chi connectivity index (χ0v) is 18.8. The number of carbonyl (C=O) groups excluding carboxylic acids is 1. The van der Waals surface area contributed by atoms with Crippen LogP contribution in [0.2, 0.25) is 0 Å². The highest BCUT2D eigenvalue weighted by atomic mass is 32.2. The highest BCUT2D eigenvalue weighted by Gasteiger charge is 2.52. The molecule has 2 atom stereocenters. The summed E-state index contributed by atoms with van der Waals surface area (Å²) in [5.41, 5.74) is 5.07. The smallest absolute Gasteiger partial charge is 0.271 e. The Morgan fingerprint density at radius 3 is 2.28 bits per heavy atom. The van der Waals surface area contributed by atoms with Crippen molar-refractivity contribution in [3.05, 3.63) is 107 Å². The Morgan fingerprint density at radius 2 is 1.56 bits per heavy atom. The summed E-state index contributed by atoms with van der Waals surface area (Å²) in [6.07, 6.45) is 4.07. The van der Waals surface area contributed by atoms with Crippen LogP contribution in [-0.2, 0) is 21.2 Å². The van der Waals surface area contributed by atoms with Crippen LogP contribution in [0, 0.1) is 19.8 Å². The molecule has 6 heteroatoms. The summed E-state index contributed by atoms with van der Waals surface area (Å²) < 4.78 is 28.2. The summed E-state index contributed by atoms with van der Waals surface area (Å²) in [4.78, 5) is 13.8. The summed E-state index contributed by atoms with van der Waals surface area (Å²) in [7, 11) is -4.05. The molecule has 5 rings (SSSR count). The fourth-order valence-electron chi connectivity index (χ4n) is 4.58. The van der Waals surface area contributed by atoms with Crippen molar-refractivity contribution in [1.82, 2.24) is 9.42 Å². The van der Waals surface area contributed by atoms with E-state index in [1.54, 1.807) is 35.5 Å². The van der Waals surface area contributed by atoms with Crippen molar-refractivity contribution in [3.8, 4) is 0 Å². The highest BCUT2D eigenvalue weighted by Crippen LogP contribution is 2.46. The first-order valence-electron chi connectivity index (χ1n) is 10.6. The van der Waals surface area contributed by atoms with Gasteiger partial charge >= 0.3 is 0 Å². The molecule has 3 aromatic carbocycles. The SMILES string of the molecule is Cc1ccc(S(=O)(=O)N2C(=O)[C@@H](Cc3ccccc3)[C@H]3c4ccc(C)cc4C=CN32)cc1. The number of nitrogens with zero attached hydrogens (tertiary/aromatic N) is 2. The lowest BCUT2D eigenvalue weighted by Gasteiger charge is -2.34. The third-order valence-electron chi connectivity index (χ3n) is 6.19. The minimum atomic E-state index is -4.05. The van der Waals surface area contributed by atoms with Crippen molar-refractivity contribution >= 4 is 22.0 Å². The molecule has 0 radical (unpaired) electrons. The van der Waals surface area contributed by atoms with E-state index in [0.717, 1.165) is 32.2 Å². The quantitative estimate of drug-likeness (QED) is 0.589. The van der Waals surface area contributed by atoms with Gasteiger partial charge in [-0.05, 0) is 55.2 Å². The first-order chi connectivity index (χ1) is 15.4. The van der Waals surface area contributed by atoms with Crippen molar-refractivity contribution in [1.29, 1.82) is 0 Å². The van der Waals surface area contributed by atoms with Gasteiger partial charge in [-0.1, -0.05) is 71.8 Å². The van der Waals surface area contributed by atoms with Crippen LogP contribution >= 0.6 is 0 Å². The molecule has 0 N–H and O–H groups in total. The highest BCUT2D eigenvalue weighted by molar-refractivity contribution is 7.89. The molecule has 1 amide bonds. The van der Waals surface area contributed by atoms with E-state index in [1.807, 2.05) is 62.4 Å². The number of carbonyl (C=O) groups is 1. The van der Waals surface area contributed by atoms with Crippen LogP contribution in [0.15, 0.2) is 83.9 Å². The Hall–Kier alpha value is -3.38. The van der Waals surface area contributed by atoms with Crippen LogP contribution in [-0.4, -0.2) is 23.7 Å². The fourth-order valence-corrected chi connectivity index (χ4v) is 6.04. The van der Waals surface area contributed by atoms with Gasteiger partial charge in [0.2, 0.25) is 0 Å². The minimum absolute atomic E-state index is 0.110. The summed E-state index contributed by atoms with van der Waals surface area (Å²) in [6, 6.07) is 22.1. The predicted molar refractivity (Wildman–Crippen MR) is 124 cm³/mol. The minimum Gasteiger partial charge on any atom is -0.271 e. The number of rotatable bonds is 4. The van der Waals surface area contributed by atoms with Crippen LogP contribution in [0.25, 0.3) is 6.08 Å². The number of hydrogen-bond donors (Lipinski definition) is 0. The molecule has 2 aliphatic rings. The standard InChI is InChI=1S/C26H24N2O3S/c1-18-8-11-22(12-9-18)32(30,31)28-26(29)24(17-20-6-4-3-5-7-20)25-23-13-10-19(2)16-21(23)14-15-27(25)28/h3-16,24-25H,17H2,1-2H3/t24-,25+/m0/s1. The Kier molecular flexibility index (Phi) is 4.90. The molecule has 5 nitrogen and oxygen atoms in total. The third-order valence-corrected chi connectivity index (χ3v) is 7.89. The number of sulfonamides is 1. The van der Waals surface area contributed by atoms with Crippen molar-refractivity contribution in [2.24, 2.45) is 5.92 Å². The number of fused-ring (bicyclic) bond motifs is 3. The number of benzene rings is 3. The Balaban J connectivity index is 1.63. The first-order valence-corrected chi connectivity index (χ1v) is 12.1. The summed E-state index contributed by atoms with van der Waals surface area (Å²) in [5.74, 6) is -0.929. The van der Waals surface area contributed by atoms with Gasteiger partial charge in [0.05, 0.1) is 16.9 Å². The Labute approximate surface area is 188 Å². The Morgan fingerprint density at radius 1 is 0.875 bits per heavy atom. The molecule has 32 heavy (non-hydrogen) atoms. The maximum absolute atomic E-state index is 13.7. The third kappa shape index (κ3) is 3.31. The van der Waals surface area contributed by atoms with Crippen molar-refractivity contribution in [2.75, 3.05) is 0 Å². The van der Waals surface area contributed by atoms with Crippen molar-refractivity contribution in [3.63, 3.8) is 0 Å². The molecule has 0 aromatic heterocycles. The van der Waals surface area contributed by atoms with E-state index in [1.165, 1.54) is 0 Å². The molecule has 1 saturated heterocycles. The van der Waals surface area contributed by atoms with E-state index >= 15 is 0 Å². The van der Waals surface area contributed by atoms with E-state index < -0.39 is 21.8 Å². The molecule has 0 unspecified atom stereocenters. The van der Waals surface area contributed by atoms with Gasteiger partial charge in [-0.25, -0.2) is 0 Å². The lowest BCUT2D eigenvalue weighted by molar-refractivity contribution is -0.130. The largest absolute Gasteiger partial charge is 0.284 e. The van der Waals surface area contributed by atoms with Gasteiger partial charge in [-0.15, -0.1) is 4.41 Å². The number of aryl methyl sites for hydroxylation is 2. The molecule has 0 saturated carbocycles. The molecule has 0 aliphatic carbocycles. The summed E-state index contributed by atoms with van der Waals surface area (Å²) >= 11 is 0. The maximum atomic E-state index is 13.7. The van der Waals surface area contributed by atoms with Crippen LogP contribution in [0.1, 0.15) is 33.9 Å². The predicted octanol–water partition coefficient (Wildman–Crippen LogP) is 4.64. The lowest BCUT2D eigenvalue weighted by atomic mass is 9.84. The molecule has 1 fully saturated rings. The zero-order valence-electron chi connectivity index (χ0n) is 18.0. The van der Waals surface area contributed by atoms with Gasteiger partial charge < -0.3 is 0 Å². The molecule has 0 spiro atoms. The molecular formula is C26H24N2O3S. The average Bonchev–Trinajstić information content (AvgIpc) is 3.07. The topological polar surface area (TPSA) is 57.7 Å². The van der Waals surface area contributed by atoms with E-state index in [9.17, 15) is 13.2 Å². The molecule has 2 heterocycles. The molecule has 2 aliphatic heterocycles. The van der Waals surface area contributed by atoms with Gasteiger partial charge in [0.15, 0.2) is 0 Å². The van der Waals surface area contributed by atoms with E-state index in [0.29, 0.717) is 6.42 Å². The Bertz CT molecular complexity index is 1310. The molecular weight excluding hydrogens is 420 g/mol. The first kappa shape index (κ1) is 20.5. The van der Waals surface area contributed by atoms with Crippen molar-refractivity contribution in [2.45, 2.75) is 31.2 Å². The molecule has 162 valence electrons.